The molecule has 0 aromatic carbocycles. The van der Waals surface area contributed by atoms with Gasteiger partial charge < -0.3 is 0 Å². The maximum absolute atomic E-state index is 11.9. The number of halogens is 2. The Morgan fingerprint density at radius 2 is 1.12 bits per heavy atom. The topological polar surface area (TPSA) is 92.3 Å². The van der Waals surface area contributed by atoms with Crippen LogP contribution in [0.25, 0.3) is 0 Å². The van der Waals surface area contributed by atoms with Crippen molar-refractivity contribution in [2.45, 2.75) is 25.2 Å². The third-order valence-corrected chi connectivity index (χ3v) is 1.82. The summed E-state index contributed by atoms with van der Waals surface area (Å²) in [7, 11) is 0. The maximum atomic E-state index is 11.9. The molecule has 2 fully saturated rings. The zero-order valence-corrected chi connectivity index (χ0v) is 8.96. The molecule has 0 bridgehead atoms. The molecule has 89 valence electrons. The molecule has 0 aliphatic carbocycles. The van der Waals surface area contributed by atoms with Crippen LogP contribution in [0.15, 0.2) is 0 Å². The molecule has 9 heteroatoms. The van der Waals surface area contributed by atoms with Gasteiger partial charge in [0.2, 0.25) is 11.8 Å². The van der Waals surface area contributed by atoms with Crippen molar-refractivity contribution in [3.05, 3.63) is 0 Å². The fraction of sp³-hybridized carbons (Fsp3) is 0.500. The molecule has 2 rings (SSSR count). The number of rotatable bonds is 0. The Morgan fingerprint density at radius 1 is 0.824 bits per heavy atom. The molecular weight excluding hydrogens is 233 g/mol. The zero-order chi connectivity index (χ0) is 12.3. The van der Waals surface area contributed by atoms with Crippen LogP contribution in [0.4, 0.5) is 8.78 Å². The van der Waals surface area contributed by atoms with Crippen LogP contribution in [0, 0.1) is 0 Å². The van der Waals surface area contributed by atoms with Crippen LogP contribution < -0.4 is 10.6 Å². The standard InChI is InChI=1S/2C4H4FNO2.Li/c2*5-2-1-3(7)6-4(2)8;/h2*2H,1H2,(H,6,7,8);. The Hall–Kier alpha value is -1.26. The molecule has 2 atom stereocenters. The zero-order valence-electron chi connectivity index (χ0n) is 8.96. The average Bonchev–Trinajstić information content (AvgIpc) is 2.58. The molecule has 1 radical (unpaired) electrons. The van der Waals surface area contributed by atoms with E-state index < -0.39 is 36.0 Å². The van der Waals surface area contributed by atoms with Gasteiger partial charge in [-0.2, -0.15) is 0 Å². The summed E-state index contributed by atoms with van der Waals surface area (Å²) in [5.74, 6) is -2.67. The van der Waals surface area contributed by atoms with Crippen LogP contribution in [0.5, 0.6) is 0 Å². The molecule has 2 unspecified atom stereocenters. The molecule has 0 aromatic rings. The predicted molar refractivity (Wildman–Crippen MR) is 51.1 cm³/mol. The van der Waals surface area contributed by atoms with Gasteiger partial charge >= 0.3 is 0 Å². The normalized spacial score (nSPS) is 26.7. The first kappa shape index (κ1) is 15.7. The molecule has 0 spiro atoms. The van der Waals surface area contributed by atoms with Crippen LogP contribution in [-0.2, 0) is 19.2 Å². The number of alkyl halides is 2. The molecule has 2 aliphatic heterocycles. The number of carbonyl (C=O) groups is 4. The van der Waals surface area contributed by atoms with Crippen LogP contribution >= 0.6 is 0 Å². The van der Waals surface area contributed by atoms with Gasteiger partial charge in [-0.3, -0.25) is 29.8 Å². The van der Waals surface area contributed by atoms with Gasteiger partial charge in [0.1, 0.15) is 0 Å². The first-order valence-corrected chi connectivity index (χ1v) is 4.35. The monoisotopic (exact) mass is 241 g/mol. The maximum Gasteiger partial charge on any atom is 0.261 e. The summed E-state index contributed by atoms with van der Waals surface area (Å²) in [5.41, 5.74) is 0. The minimum Gasteiger partial charge on any atom is -0.294 e. The van der Waals surface area contributed by atoms with Gasteiger partial charge in [0, 0.05) is 18.9 Å². The van der Waals surface area contributed by atoms with Crippen molar-refractivity contribution in [2.75, 3.05) is 0 Å². The van der Waals surface area contributed by atoms with Crippen LogP contribution in [0.2, 0.25) is 0 Å². The molecule has 2 saturated heterocycles. The fourth-order valence-electron chi connectivity index (χ4n) is 1.04. The van der Waals surface area contributed by atoms with Gasteiger partial charge in [0.15, 0.2) is 12.3 Å². The van der Waals surface area contributed by atoms with E-state index in [1.165, 1.54) is 0 Å². The van der Waals surface area contributed by atoms with Gasteiger partial charge in [0.25, 0.3) is 11.8 Å². The summed E-state index contributed by atoms with van der Waals surface area (Å²) >= 11 is 0. The summed E-state index contributed by atoms with van der Waals surface area (Å²) in [6.45, 7) is 0. The Labute approximate surface area is 107 Å². The number of amides is 4. The van der Waals surface area contributed by atoms with E-state index >= 15 is 0 Å². The van der Waals surface area contributed by atoms with Crippen LogP contribution in [0.3, 0.4) is 0 Å². The van der Waals surface area contributed by atoms with E-state index in [9.17, 15) is 28.0 Å². The largest absolute Gasteiger partial charge is 0.294 e. The minimum absolute atomic E-state index is 0. The first-order chi connectivity index (χ1) is 7.40. The van der Waals surface area contributed by atoms with E-state index in [2.05, 4.69) is 0 Å². The van der Waals surface area contributed by atoms with Crippen LogP contribution in [0.1, 0.15) is 12.8 Å². The SMILES string of the molecule is O=C1CC(F)C(=O)N1.O=C1CC(F)C(=O)N1.[Li]. The number of nitrogens with one attached hydrogen (secondary N) is 2. The van der Waals surface area contributed by atoms with Gasteiger partial charge in [-0.15, -0.1) is 0 Å². The smallest absolute Gasteiger partial charge is 0.261 e. The number of hydrogen-bond acceptors (Lipinski definition) is 4. The van der Waals surface area contributed by atoms with E-state index in [0.717, 1.165) is 0 Å². The van der Waals surface area contributed by atoms with Gasteiger partial charge in [-0.05, 0) is 0 Å². The van der Waals surface area contributed by atoms with Crippen molar-refractivity contribution in [1.29, 1.82) is 0 Å². The van der Waals surface area contributed by atoms with Gasteiger partial charge in [0.05, 0.1) is 12.8 Å². The molecule has 0 saturated carbocycles. The van der Waals surface area contributed by atoms with Gasteiger partial charge in [-0.25, -0.2) is 8.78 Å². The van der Waals surface area contributed by atoms with Crippen molar-refractivity contribution in [3.63, 3.8) is 0 Å². The number of carbonyl (C=O) groups excluding carboxylic acids is 4. The Morgan fingerprint density at radius 3 is 1.18 bits per heavy atom. The second-order valence-electron chi connectivity index (χ2n) is 3.17. The molecule has 0 aromatic heterocycles. The summed E-state index contributed by atoms with van der Waals surface area (Å²) in [6, 6.07) is 0. The molecular formula is C8H8F2LiN2O4. The van der Waals surface area contributed by atoms with E-state index in [-0.39, 0.29) is 31.7 Å². The summed E-state index contributed by atoms with van der Waals surface area (Å²) in [5, 5.41) is 3.63. The predicted octanol–water partition coefficient (Wildman–Crippen LogP) is -1.64. The van der Waals surface area contributed by atoms with E-state index in [1.54, 1.807) is 0 Å². The summed E-state index contributed by atoms with van der Waals surface area (Å²) < 4.78 is 23.9. The number of hydrogen-bond donors (Lipinski definition) is 2. The van der Waals surface area contributed by atoms with Crippen molar-refractivity contribution in [2.24, 2.45) is 0 Å². The van der Waals surface area contributed by atoms with E-state index in [0.29, 0.717) is 0 Å². The second kappa shape index (κ2) is 6.47. The van der Waals surface area contributed by atoms with E-state index in [4.69, 9.17) is 0 Å². The van der Waals surface area contributed by atoms with Crippen molar-refractivity contribution in [3.8, 4) is 0 Å². The quantitative estimate of drug-likeness (QED) is 0.393. The van der Waals surface area contributed by atoms with E-state index in [1.807, 2.05) is 10.6 Å². The summed E-state index contributed by atoms with van der Waals surface area (Å²) in [4.78, 5) is 40.3. The molecule has 2 heterocycles. The Kier molecular flexibility index (Phi) is 5.99. The first-order valence-electron chi connectivity index (χ1n) is 4.35. The Bertz CT molecular complexity index is 329. The number of imide groups is 2. The third-order valence-electron chi connectivity index (χ3n) is 1.82. The van der Waals surface area contributed by atoms with Crippen molar-refractivity contribution in [1.82, 2.24) is 10.6 Å². The average molecular weight is 241 g/mol. The van der Waals surface area contributed by atoms with Crippen LogP contribution in [-0.4, -0.2) is 54.8 Å². The third kappa shape index (κ3) is 4.62. The minimum atomic E-state index is -1.61. The second-order valence-corrected chi connectivity index (χ2v) is 3.17. The van der Waals surface area contributed by atoms with Gasteiger partial charge in [-0.1, -0.05) is 0 Å². The van der Waals surface area contributed by atoms with Crippen molar-refractivity contribution < 1.29 is 28.0 Å². The van der Waals surface area contributed by atoms with Crippen molar-refractivity contribution >= 4 is 42.5 Å². The summed E-state index contributed by atoms with van der Waals surface area (Å²) in [6.07, 6.45) is -3.83. The molecule has 6 nitrogen and oxygen atoms in total. The Balaban J connectivity index is 0.000000284. The molecule has 4 amide bonds. The molecule has 2 N–H and O–H groups in total. The molecule has 17 heavy (non-hydrogen) atoms. The fourth-order valence-corrected chi connectivity index (χ4v) is 1.04. The molecule has 2 aliphatic rings.